The van der Waals surface area contributed by atoms with Gasteiger partial charge in [-0.2, -0.15) is 0 Å². The Labute approximate surface area is 150 Å². The average molecular weight is 353 g/mol. The third-order valence-corrected chi connectivity index (χ3v) is 4.58. The number of rotatable bonds is 7. The number of nitrogens with zero attached hydrogens (tertiary/aromatic N) is 1. The van der Waals surface area contributed by atoms with E-state index in [0.717, 1.165) is 17.9 Å². The van der Waals surface area contributed by atoms with Gasteiger partial charge in [-0.3, -0.25) is 4.79 Å². The molecule has 128 valence electrons. The fourth-order valence-electron chi connectivity index (χ4n) is 2.35. The summed E-state index contributed by atoms with van der Waals surface area (Å²) in [7, 11) is 1.62. The lowest BCUT2D eigenvalue weighted by molar-refractivity contribution is 0.0955. The van der Waals surface area contributed by atoms with Crippen molar-refractivity contribution < 1.29 is 9.53 Å². The lowest BCUT2D eigenvalue weighted by Crippen LogP contribution is -2.26. The van der Waals surface area contributed by atoms with Crippen molar-refractivity contribution in [2.75, 3.05) is 19.0 Å². The maximum atomic E-state index is 12.5. The van der Waals surface area contributed by atoms with Gasteiger partial charge in [-0.1, -0.05) is 6.07 Å². The van der Waals surface area contributed by atoms with Crippen LogP contribution in [0.4, 0.5) is 11.5 Å². The number of amides is 1. The van der Waals surface area contributed by atoms with Crippen molar-refractivity contribution in [3.8, 4) is 5.75 Å². The van der Waals surface area contributed by atoms with E-state index in [4.69, 9.17) is 4.74 Å². The molecule has 1 amide bonds. The Hall–Kier alpha value is -2.86. The van der Waals surface area contributed by atoms with Crippen molar-refractivity contribution in [1.29, 1.82) is 0 Å². The molecule has 3 rings (SSSR count). The summed E-state index contributed by atoms with van der Waals surface area (Å²) in [6.07, 6.45) is 2.49. The molecular weight excluding hydrogens is 334 g/mol. The Balaban J connectivity index is 1.65. The molecule has 0 bridgehead atoms. The van der Waals surface area contributed by atoms with E-state index in [9.17, 15) is 4.79 Å². The van der Waals surface area contributed by atoms with Gasteiger partial charge in [0.1, 0.15) is 11.6 Å². The molecule has 0 unspecified atom stereocenters. The number of anilines is 2. The van der Waals surface area contributed by atoms with E-state index in [0.29, 0.717) is 17.9 Å². The number of ether oxygens (including phenoxy) is 1. The van der Waals surface area contributed by atoms with Gasteiger partial charge in [0.15, 0.2) is 0 Å². The highest BCUT2D eigenvalue weighted by Gasteiger charge is 2.12. The summed E-state index contributed by atoms with van der Waals surface area (Å²) in [5, 5.41) is 8.17. The molecule has 0 aliphatic heterocycles. The summed E-state index contributed by atoms with van der Waals surface area (Å²) in [5.74, 6) is 1.17. The van der Waals surface area contributed by atoms with E-state index in [2.05, 4.69) is 21.7 Å². The van der Waals surface area contributed by atoms with Gasteiger partial charge >= 0.3 is 0 Å². The van der Waals surface area contributed by atoms with Crippen molar-refractivity contribution in [3.05, 3.63) is 70.5 Å². The highest BCUT2D eigenvalue weighted by molar-refractivity contribution is 7.09. The SMILES string of the molecule is COc1ccc(Nc2ncccc2C(=O)NCCc2cccs2)cc1. The van der Waals surface area contributed by atoms with E-state index in [-0.39, 0.29) is 5.91 Å². The monoisotopic (exact) mass is 353 g/mol. The molecule has 0 saturated heterocycles. The molecule has 0 atom stereocenters. The van der Waals surface area contributed by atoms with Gasteiger partial charge in [-0.15, -0.1) is 11.3 Å². The van der Waals surface area contributed by atoms with Crippen molar-refractivity contribution in [1.82, 2.24) is 10.3 Å². The summed E-state index contributed by atoms with van der Waals surface area (Å²) in [6, 6.07) is 15.1. The molecule has 0 fully saturated rings. The van der Waals surface area contributed by atoms with Crippen LogP contribution in [0.2, 0.25) is 0 Å². The Morgan fingerprint density at radius 2 is 2.00 bits per heavy atom. The molecule has 25 heavy (non-hydrogen) atoms. The first-order valence-corrected chi connectivity index (χ1v) is 8.81. The Bertz CT molecular complexity index is 817. The van der Waals surface area contributed by atoms with Crippen LogP contribution in [0.1, 0.15) is 15.2 Å². The van der Waals surface area contributed by atoms with Crippen molar-refractivity contribution in [2.24, 2.45) is 0 Å². The maximum absolute atomic E-state index is 12.5. The number of methoxy groups -OCH3 is 1. The van der Waals surface area contributed by atoms with Crippen LogP contribution in [0, 0.1) is 0 Å². The minimum Gasteiger partial charge on any atom is -0.497 e. The van der Waals surface area contributed by atoms with Crippen molar-refractivity contribution >= 4 is 28.7 Å². The highest BCUT2D eigenvalue weighted by Crippen LogP contribution is 2.21. The summed E-state index contributed by atoms with van der Waals surface area (Å²) in [4.78, 5) is 18.0. The second kappa shape index (κ2) is 8.30. The van der Waals surface area contributed by atoms with Crippen molar-refractivity contribution in [3.63, 3.8) is 0 Å². The molecule has 0 saturated carbocycles. The minimum atomic E-state index is -0.138. The van der Waals surface area contributed by atoms with Gasteiger partial charge in [-0.25, -0.2) is 4.98 Å². The van der Waals surface area contributed by atoms with Crippen LogP contribution in [-0.2, 0) is 6.42 Å². The molecule has 0 aliphatic carbocycles. The van der Waals surface area contributed by atoms with Gasteiger partial charge in [0, 0.05) is 23.3 Å². The lowest BCUT2D eigenvalue weighted by atomic mass is 10.2. The third kappa shape index (κ3) is 4.58. The van der Waals surface area contributed by atoms with Crippen LogP contribution in [0.3, 0.4) is 0 Å². The van der Waals surface area contributed by atoms with Crippen LogP contribution in [0.25, 0.3) is 0 Å². The number of hydrogen-bond donors (Lipinski definition) is 2. The van der Waals surface area contributed by atoms with Crippen LogP contribution in [0.5, 0.6) is 5.75 Å². The number of benzene rings is 1. The average Bonchev–Trinajstić information content (AvgIpc) is 3.16. The number of aromatic nitrogens is 1. The molecule has 2 N–H and O–H groups in total. The number of thiophene rings is 1. The van der Waals surface area contributed by atoms with E-state index in [1.807, 2.05) is 35.7 Å². The predicted molar refractivity (Wildman–Crippen MR) is 101 cm³/mol. The molecule has 3 aromatic rings. The minimum absolute atomic E-state index is 0.138. The van der Waals surface area contributed by atoms with Gasteiger partial charge in [0.05, 0.1) is 12.7 Å². The summed E-state index contributed by atoms with van der Waals surface area (Å²) in [5.41, 5.74) is 1.36. The molecule has 0 radical (unpaired) electrons. The molecular formula is C19H19N3O2S. The zero-order valence-corrected chi connectivity index (χ0v) is 14.7. The van der Waals surface area contributed by atoms with Crippen molar-refractivity contribution in [2.45, 2.75) is 6.42 Å². The largest absolute Gasteiger partial charge is 0.497 e. The van der Waals surface area contributed by atoms with Gasteiger partial charge < -0.3 is 15.4 Å². The Morgan fingerprint density at radius 3 is 2.72 bits per heavy atom. The number of pyridine rings is 1. The molecule has 2 aromatic heterocycles. The number of hydrogen-bond acceptors (Lipinski definition) is 5. The third-order valence-electron chi connectivity index (χ3n) is 3.64. The Morgan fingerprint density at radius 1 is 1.16 bits per heavy atom. The first-order chi connectivity index (χ1) is 12.3. The first-order valence-electron chi connectivity index (χ1n) is 7.93. The lowest BCUT2D eigenvalue weighted by Gasteiger charge is -2.11. The first kappa shape index (κ1) is 17.0. The zero-order chi connectivity index (χ0) is 17.5. The topological polar surface area (TPSA) is 63.2 Å². The summed E-state index contributed by atoms with van der Waals surface area (Å²) in [6.45, 7) is 0.593. The molecule has 2 heterocycles. The van der Waals surface area contributed by atoms with E-state index in [1.165, 1.54) is 4.88 Å². The zero-order valence-electron chi connectivity index (χ0n) is 13.9. The standard InChI is InChI=1S/C19H19N3O2S/c1-24-15-8-6-14(7-9-15)22-18-17(5-2-11-20-18)19(23)21-12-10-16-4-3-13-25-16/h2-9,11,13H,10,12H2,1H3,(H,20,22)(H,21,23). The van der Waals surface area contributed by atoms with Gasteiger partial charge in [0.2, 0.25) is 0 Å². The molecule has 5 nitrogen and oxygen atoms in total. The van der Waals surface area contributed by atoms with Crippen LogP contribution >= 0.6 is 11.3 Å². The van der Waals surface area contributed by atoms with E-state index >= 15 is 0 Å². The van der Waals surface area contributed by atoms with Crippen LogP contribution in [-0.4, -0.2) is 24.5 Å². The van der Waals surface area contributed by atoms with Gasteiger partial charge in [0.25, 0.3) is 5.91 Å². The smallest absolute Gasteiger partial charge is 0.255 e. The maximum Gasteiger partial charge on any atom is 0.255 e. The summed E-state index contributed by atoms with van der Waals surface area (Å²) >= 11 is 1.69. The molecule has 6 heteroatoms. The Kier molecular flexibility index (Phi) is 5.64. The van der Waals surface area contributed by atoms with E-state index < -0.39 is 0 Å². The fraction of sp³-hybridized carbons (Fsp3) is 0.158. The fourth-order valence-corrected chi connectivity index (χ4v) is 3.06. The second-order valence-corrected chi connectivity index (χ2v) is 6.37. The second-order valence-electron chi connectivity index (χ2n) is 5.34. The summed E-state index contributed by atoms with van der Waals surface area (Å²) < 4.78 is 5.15. The number of nitrogens with one attached hydrogen (secondary N) is 2. The predicted octanol–water partition coefficient (Wildman–Crippen LogP) is 3.87. The quantitative estimate of drug-likeness (QED) is 0.677. The normalized spacial score (nSPS) is 10.3. The molecule has 1 aromatic carbocycles. The number of carbonyl (C=O) groups is 1. The highest BCUT2D eigenvalue weighted by atomic mass is 32.1. The molecule has 0 spiro atoms. The van der Waals surface area contributed by atoms with Crippen LogP contribution < -0.4 is 15.4 Å². The number of carbonyl (C=O) groups excluding carboxylic acids is 1. The van der Waals surface area contributed by atoms with Crippen LogP contribution in [0.15, 0.2) is 60.1 Å². The van der Waals surface area contributed by atoms with Gasteiger partial charge in [-0.05, 0) is 54.3 Å². The molecule has 0 aliphatic rings. The van der Waals surface area contributed by atoms with E-state index in [1.54, 1.807) is 36.8 Å².